The molecular weight excluding hydrogens is 334 g/mol. The standard InChI is InChI=1S/C20H21NO5/c1-23-13-5-6-15-14(7-8-19(22)21-16(15)11-13)12-9-17(24-2)20(26-4)18(10-12)25-3/h5-7,9-11H,8H2,1-4H3,(H,21,22). The van der Waals surface area contributed by atoms with Crippen LogP contribution in [0.5, 0.6) is 23.0 Å². The Morgan fingerprint density at radius 3 is 2.15 bits per heavy atom. The Morgan fingerprint density at radius 1 is 0.885 bits per heavy atom. The molecule has 26 heavy (non-hydrogen) atoms. The van der Waals surface area contributed by atoms with E-state index in [4.69, 9.17) is 18.9 Å². The molecule has 0 bridgehead atoms. The molecule has 0 aromatic heterocycles. The Kier molecular flexibility index (Phi) is 5.02. The van der Waals surface area contributed by atoms with Gasteiger partial charge in [0.2, 0.25) is 11.7 Å². The van der Waals surface area contributed by atoms with Gasteiger partial charge in [-0.1, -0.05) is 6.08 Å². The van der Waals surface area contributed by atoms with E-state index in [0.29, 0.717) is 28.7 Å². The highest BCUT2D eigenvalue weighted by Crippen LogP contribution is 2.43. The highest BCUT2D eigenvalue weighted by Gasteiger charge is 2.21. The smallest absolute Gasteiger partial charge is 0.228 e. The van der Waals surface area contributed by atoms with E-state index in [2.05, 4.69) is 5.32 Å². The van der Waals surface area contributed by atoms with Gasteiger partial charge in [-0.2, -0.15) is 0 Å². The van der Waals surface area contributed by atoms with E-state index < -0.39 is 0 Å². The maximum absolute atomic E-state index is 12.1. The predicted molar refractivity (Wildman–Crippen MR) is 99.4 cm³/mol. The first-order valence-electron chi connectivity index (χ1n) is 8.10. The average molecular weight is 355 g/mol. The van der Waals surface area contributed by atoms with Crippen molar-refractivity contribution in [3.05, 3.63) is 47.5 Å². The number of amides is 1. The summed E-state index contributed by atoms with van der Waals surface area (Å²) in [5, 5.41) is 2.92. The van der Waals surface area contributed by atoms with Crippen LogP contribution in [0.15, 0.2) is 36.4 Å². The van der Waals surface area contributed by atoms with E-state index in [1.165, 1.54) is 0 Å². The van der Waals surface area contributed by atoms with E-state index in [9.17, 15) is 4.79 Å². The van der Waals surface area contributed by atoms with Gasteiger partial charge in [0, 0.05) is 18.1 Å². The van der Waals surface area contributed by atoms with E-state index in [0.717, 1.165) is 16.7 Å². The van der Waals surface area contributed by atoms with Gasteiger partial charge in [0.25, 0.3) is 0 Å². The molecule has 0 saturated heterocycles. The Bertz CT molecular complexity index is 847. The number of rotatable bonds is 5. The van der Waals surface area contributed by atoms with Crippen LogP contribution in [-0.4, -0.2) is 34.3 Å². The van der Waals surface area contributed by atoms with Crippen molar-refractivity contribution in [2.24, 2.45) is 0 Å². The number of carbonyl (C=O) groups is 1. The molecule has 0 atom stereocenters. The summed E-state index contributed by atoms with van der Waals surface area (Å²) in [6.45, 7) is 0. The van der Waals surface area contributed by atoms with Crippen LogP contribution in [0.1, 0.15) is 17.5 Å². The maximum Gasteiger partial charge on any atom is 0.228 e. The second kappa shape index (κ2) is 7.39. The zero-order valence-electron chi connectivity index (χ0n) is 15.2. The number of methoxy groups -OCH3 is 4. The normalized spacial score (nSPS) is 13.1. The first-order chi connectivity index (χ1) is 12.6. The van der Waals surface area contributed by atoms with Gasteiger partial charge >= 0.3 is 0 Å². The van der Waals surface area contributed by atoms with Crippen molar-refractivity contribution in [2.45, 2.75) is 6.42 Å². The van der Waals surface area contributed by atoms with E-state index in [1.54, 1.807) is 28.4 Å². The van der Waals surface area contributed by atoms with Crippen LogP contribution in [0.2, 0.25) is 0 Å². The molecule has 3 rings (SSSR count). The van der Waals surface area contributed by atoms with Crippen molar-refractivity contribution in [2.75, 3.05) is 33.8 Å². The van der Waals surface area contributed by atoms with E-state index >= 15 is 0 Å². The van der Waals surface area contributed by atoms with Gasteiger partial charge in [0.15, 0.2) is 11.5 Å². The van der Waals surface area contributed by atoms with Gasteiger partial charge in [-0.05, 0) is 35.4 Å². The molecule has 136 valence electrons. The number of ether oxygens (including phenoxy) is 4. The van der Waals surface area contributed by atoms with Crippen molar-refractivity contribution >= 4 is 17.2 Å². The van der Waals surface area contributed by atoms with E-state index in [1.807, 2.05) is 36.4 Å². The van der Waals surface area contributed by atoms with Crippen molar-refractivity contribution in [3.63, 3.8) is 0 Å². The van der Waals surface area contributed by atoms with Crippen molar-refractivity contribution in [1.29, 1.82) is 0 Å². The molecule has 6 heteroatoms. The van der Waals surface area contributed by atoms with Gasteiger partial charge in [0.05, 0.1) is 34.1 Å². The molecule has 0 radical (unpaired) electrons. The number of hydrogen-bond acceptors (Lipinski definition) is 5. The zero-order chi connectivity index (χ0) is 18.7. The van der Waals surface area contributed by atoms with Gasteiger partial charge < -0.3 is 24.3 Å². The van der Waals surface area contributed by atoms with Crippen LogP contribution in [0.25, 0.3) is 5.57 Å². The van der Waals surface area contributed by atoms with Gasteiger partial charge in [-0.15, -0.1) is 0 Å². The fraction of sp³-hybridized carbons (Fsp3) is 0.250. The molecule has 1 N–H and O–H groups in total. The number of hydrogen-bond donors (Lipinski definition) is 1. The fourth-order valence-electron chi connectivity index (χ4n) is 3.00. The SMILES string of the molecule is COc1ccc2c(c1)NC(=O)CC=C2c1cc(OC)c(OC)c(OC)c1. The van der Waals surface area contributed by atoms with Gasteiger partial charge in [-0.3, -0.25) is 4.79 Å². The molecule has 0 aliphatic carbocycles. The minimum atomic E-state index is -0.0815. The lowest BCUT2D eigenvalue weighted by Gasteiger charge is -2.17. The third kappa shape index (κ3) is 3.18. The summed E-state index contributed by atoms with van der Waals surface area (Å²) in [5.74, 6) is 2.23. The second-order valence-electron chi connectivity index (χ2n) is 5.70. The monoisotopic (exact) mass is 355 g/mol. The lowest BCUT2D eigenvalue weighted by molar-refractivity contribution is -0.115. The molecule has 1 aliphatic heterocycles. The summed E-state index contributed by atoms with van der Waals surface area (Å²) >= 11 is 0. The van der Waals surface area contributed by atoms with Crippen molar-refractivity contribution in [1.82, 2.24) is 0 Å². The summed E-state index contributed by atoms with van der Waals surface area (Å²) in [7, 11) is 6.31. The minimum absolute atomic E-state index is 0.0815. The number of carbonyl (C=O) groups excluding carboxylic acids is 1. The van der Waals surface area contributed by atoms with Crippen LogP contribution < -0.4 is 24.3 Å². The second-order valence-corrected chi connectivity index (χ2v) is 5.70. The first-order valence-corrected chi connectivity index (χ1v) is 8.10. The quantitative estimate of drug-likeness (QED) is 0.889. The summed E-state index contributed by atoms with van der Waals surface area (Å²) in [4.78, 5) is 12.1. The van der Waals surface area contributed by atoms with E-state index in [-0.39, 0.29) is 12.3 Å². The largest absolute Gasteiger partial charge is 0.497 e. The van der Waals surface area contributed by atoms with Crippen LogP contribution in [0.3, 0.4) is 0 Å². The third-order valence-corrected chi connectivity index (χ3v) is 4.26. The summed E-state index contributed by atoms with van der Waals surface area (Å²) < 4.78 is 21.6. The Hall–Kier alpha value is -3.15. The molecule has 0 saturated carbocycles. The molecule has 2 aromatic carbocycles. The molecule has 2 aromatic rings. The number of nitrogens with one attached hydrogen (secondary N) is 1. The van der Waals surface area contributed by atoms with Crippen LogP contribution in [0.4, 0.5) is 5.69 Å². The Labute approximate surface area is 152 Å². The number of fused-ring (bicyclic) bond motifs is 1. The van der Waals surface area contributed by atoms with Crippen LogP contribution in [-0.2, 0) is 4.79 Å². The lowest BCUT2D eigenvalue weighted by Crippen LogP contribution is -2.09. The molecule has 6 nitrogen and oxygen atoms in total. The molecule has 0 fully saturated rings. The first kappa shape index (κ1) is 17.7. The van der Waals surface area contributed by atoms with Crippen molar-refractivity contribution < 1.29 is 23.7 Å². The lowest BCUT2D eigenvalue weighted by atomic mass is 9.95. The molecule has 1 amide bonds. The molecule has 1 heterocycles. The van der Waals surface area contributed by atoms with Crippen LogP contribution in [0, 0.1) is 0 Å². The topological polar surface area (TPSA) is 66.0 Å². The number of benzene rings is 2. The Balaban J connectivity index is 2.19. The highest BCUT2D eigenvalue weighted by molar-refractivity contribution is 6.01. The van der Waals surface area contributed by atoms with Crippen LogP contribution >= 0.6 is 0 Å². The van der Waals surface area contributed by atoms with Gasteiger partial charge in [-0.25, -0.2) is 0 Å². The summed E-state index contributed by atoms with van der Waals surface area (Å²) in [6.07, 6.45) is 2.16. The zero-order valence-corrected chi connectivity index (χ0v) is 15.2. The molecular formula is C20H21NO5. The predicted octanol–water partition coefficient (Wildman–Crippen LogP) is 3.49. The molecule has 0 unspecified atom stereocenters. The highest BCUT2D eigenvalue weighted by atomic mass is 16.5. The van der Waals surface area contributed by atoms with Crippen molar-refractivity contribution in [3.8, 4) is 23.0 Å². The Morgan fingerprint density at radius 2 is 1.58 bits per heavy atom. The minimum Gasteiger partial charge on any atom is -0.497 e. The molecule has 1 aliphatic rings. The maximum atomic E-state index is 12.1. The number of anilines is 1. The fourth-order valence-corrected chi connectivity index (χ4v) is 3.00. The van der Waals surface area contributed by atoms with Gasteiger partial charge in [0.1, 0.15) is 5.75 Å². The molecule has 0 spiro atoms. The summed E-state index contributed by atoms with van der Waals surface area (Å²) in [6, 6.07) is 9.34. The third-order valence-electron chi connectivity index (χ3n) is 4.26. The average Bonchev–Trinajstić information content (AvgIpc) is 2.84. The summed E-state index contributed by atoms with van der Waals surface area (Å²) in [5.41, 5.74) is 3.36.